The van der Waals surface area contributed by atoms with E-state index in [1.807, 2.05) is 6.20 Å². The van der Waals surface area contributed by atoms with Crippen LogP contribution in [0.5, 0.6) is 0 Å². The fraction of sp³-hybridized carbons (Fsp3) is 0.222. The van der Waals surface area contributed by atoms with Crippen molar-refractivity contribution in [1.29, 1.82) is 0 Å². The third-order valence-corrected chi connectivity index (χ3v) is 3.80. The van der Waals surface area contributed by atoms with Gasteiger partial charge < -0.3 is 4.57 Å². The number of unbranched alkanes of at least 4 members (excludes halogenated alkanes) is 1. The smallest absolute Gasteiger partial charge is 0.0566 e. The molecule has 0 amide bonds. The summed E-state index contributed by atoms with van der Waals surface area (Å²) >= 11 is 0. The van der Waals surface area contributed by atoms with E-state index in [1.165, 1.54) is 40.2 Å². The third kappa shape index (κ3) is 1.86. The quantitative estimate of drug-likeness (QED) is 0.596. The van der Waals surface area contributed by atoms with E-state index in [4.69, 9.17) is 0 Å². The highest BCUT2D eigenvalue weighted by Crippen LogP contribution is 2.31. The summed E-state index contributed by atoms with van der Waals surface area (Å²) in [4.78, 5) is 0. The largest absolute Gasteiger partial charge is 0.316 e. The number of benzene rings is 2. The second kappa shape index (κ2) is 4.93. The Balaban J connectivity index is 2.38. The molecule has 0 bridgehead atoms. The van der Waals surface area contributed by atoms with E-state index in [0.717, 1.165) is 6.42 Å². The van der Waals surface area contributed by atoms with Crippen LogP contribution >= 0.6 is 0 Å². The molecule has 0 fully saturated rings. The summed E-state index contributed by atoms with van der Waals surface area (Å²) in [5, 5.41) is 2.65. The van der Waals surface area contributed by atoms with Gasteiger partial charge in [0.2, 0.25) is 0 Å². The Kier molecular flexibility index (Phi) is 3.12. The Morgan fingerprint density at radius 1 is 1.05 bits per heavy atom. The lowest BCUT2D eigenvalue weighted by Crippen LogP contribution is -1.92. The molecule has 0 saturated carbocycles. The van der Waals surface area contributed by atoms with E-state index in [0.29, 0.717) is 0 Å². The number of hydrogen-bond acceptors (Lipinski definition) is 0. The number of rotatable bonds is 4. The second-order valence-corrected chi connectivity index (χ2v) is 4.99. The molecule has 96 valence electrons. The summed E-state index contributed by atoms with van der Waals surface area (Å²) in [6, 6.07) is 15.2. The summed E-state index contributed by atoms with van der Waals surface area (Å²) in [6.07, 6.45) is 5.53. The van der Waals surface area contributed by atoms with Crippen LogP contribution in [0, 0.1) is 0 Å². The summed E-state index contributed by atoms with van der Waals surface area (Å²) in [6.45, 7) is 6.23. The van der Waals surface area contributed by atoms with Gasteiger partial charge in [-0.2, -0.15) is 0 Å². The van der Waals surface area contributed by atoms with Gasteiger partial charge in [-0.25, -0.2) is 0 Å². The van der Waals surface area contributed by atoms with Gasteiger partial charge in [0, 0.05) is 17.0 Å². The van der Waals surface area contributed by atoms with E-state index < -0.39 is 0 Å². The number of para-hydroxylation sites is 2. The van der Waals surface area contributed by atoms with Gasteiger partial charge in [-0.05, 0) is 24.5 Å². The lowest BCUT2D eigenvalue weighted by atomic mass is 10.0. The molecule has 0 aliphatic carbocycles. The monoisotopic (exact) mass is 249 g/mol. The zero-order valence-electron chi connectivity index (χ0n) is 11.4. The van der Waals surface area contributed by atoms with Crippen molar-refractivity contribution in [3.63, 3.8) is 0 Å². The molecule has 0 spiro atoms. The van der Waals surface area contributed by atoms with Crippen molar-refractivity contribution >= 4 is 28.0 Å². The van der Waals surface area contributed by atoms with Crippen LogP contribution in [0.3, 0.4) is 0 Å². The summed E-state index contributed by atoms with van der Waals surface area (Å²) in [5.74, 6) is 0. The van der Waals surface area contributed by atoms with E-state index in [-0.39, 0.29) is 0 Å². The van der Waals surface area contributed by atoms with Crippen LogP contribution in [-0.2, 0) is 6.42 Å². The molecule has 3 rings (SSSR count). The minimum Gasteiger partial charge on any atom is -0.316 e. The normalized spacial score (nSPS) is 11.2. The predicted octanol–water partition coefficient (Wildman–Crippen LogP) is 5.24. The first kappa shape index (κ1) is 12.0. The first-order valence-corrected chi connectivity index (χ1v) is 7.00. The molecule has 1 nitrogen and oxygen atoms in total. The lowest BCUT2D eigenvalue weighted by Gasteiger charge is -2.06. The van der Waals surface area contributed by atoms with Crippen molar-refractivity contribution in [2.24, 2.45) is 0 Å². The van der Waals surface area contributed by atoms with Gasteiger partial charge in [-0.1, -0.05) is 56.3 Å². The highest BCUT2D eigenvalue weighted by atomic mass is 15.0. The van der Waals surface area contributed by atoms with Gasteiger partial charge in [0.1, 0.15) is 0 Å². The molecular weight excluding hydrogens is 230 g/mol. The molecule has 0 radical (unpaired) electrons. The molecule has 1 heterocycles. The molecule has 2 aromatic carbocycles. The van der Waals surface area contributed by atoms with Gasteiger partial charge in [0.05, 0.1) is 11.0 Å². The van der Waals surface area contributed by atoms with Crippen molar-refractivity contribution < 1.29 is 0 Å². The lowest BCUT2D eigenvalue weighted by molar-refractivity contribution is 0.797. The van der Waals surface area contributed by atoms with Crippen LogP contribution < -0.4 is 0 Å². The Hall–Kier alpha value is -2.02. The van der Waals surface area contributed by atoms with Crippen LogP contribution in [-0.4, -0.2) is 4.57 Å². The zero-order chi connectivity index (χ0) is 13.2. The van der Waals surface area contributed by atoms with Crippen molar-refractivity contribution in [1.82, 2.24) is 4.57 Å². The van der Waals surface area contributed by atoms with E-state index >= 15 is 0 Å². The molecule has 19 heavy (non-hydrogen) atoms. The summed E-state index contributed by atoms with van der Waals surface area (Å²) in [7, 11) is 0. The average molecular weight is 249 g/mol. The molecule has 1 aromatic heterocycles. The topological polar surface area (TPSA) is 4.93 Å². The first-order valence-electron chi connectivity index (χ1n) is 7.00. The van der Waals surface area contributed by atoms with E-state index in [1.54, 1.807) is 0 Å². The molecule has 0 aliphatic heterocycles. The van der Waals surface area contributed by atoms with Gasteiger partial charge >= 0.3 is 0 Å². The minimum atomic E-state index is 1.14. The van der Waals surface area contributed by atoms with E-state index in [2.05, 4.69) is 60.5 Å². The maximum atomic E-state index is 3.99. The highest BCUT2D eigenvalue weighted by Gasteiger charge is 2.11. The summed E-state index contributed by atoms with van der Waals surface area (Å²) < 4.78 is 2.23. The highest BCUT2D eigenvalue weighted by molar-refractivity contribution is 6.10. The number of nitrogens with zero attached hydrogens (tertiary/aromatic N) is 1. The van der Waals surface area contributed by atoms with Crippen LogP contribution in [0.2, 0.25) is 0 Å². The SMILES string of the molecule is C=Cn1c2ccccc2c2cccc(CCCC)c21. The number of aryl methyl sites for hydroxylation is 1. The Bertz CT molecular complexity index is 734. The molecule has 0 N–H and O–H groups in total. The standard InChI is InChI=1S/C18H19N/c1-3-5-9-14-10-8-12-16-15-11-6-7-13-17(15)19(4-2)18(14)16/h4,6-8,10-13H,2-3,5,9H2,1H3. The second-order valence-electron chi connectivity index (χ2n) is 4.99. The molecule has 3 aromatic rings. The Morgan fingerprint density at radius 3 is 2.63 bits per heavy atom. The number of fused-ring (bicyclic) bond motifs is 3. The van der Waals surface area contributed by atoms with Gasteiger partial charge in [0.15, 0.2) is 0 Å². The maximum absolute atomic E-state index is 3.99. The molecule has 1 heteroatoms. The Labute approximate surface area is 114 Å². The fourth-order valence-electron chi connectivity index (χ4n) is 2.88. The molecule has 0 saturated heterocycles. The predicted molar refractivity (Wildman–Crippen MR) is 84.4 cm³/mol. The first-order chi connectivity index (χ1) is 9.36. The van der Waals surface area contributed by atoms with Gasteiger partial charge in [-0.3, -0.25) is 0 Å². The average Bonchev–Trinajstić information content (AvgIpc) is 2.79. The zero-order valence-corrected chi connectivity index (χ0v) is 11.4. The molecule has 0 unspecified atom stereocenters. The van der Waals surface area contributed by atoms with Crippen molar-refractivity contribution in [3.05, 3.63) is 54.6 Å². The van der Waals surface area contributed by atoms with E-state index in [9.17, 15) is 0 Å². The van der Waals surface area contributed by atoms with Crippen LogP contribution in [0.25, 0.3) is 28.0 Å². The number of hydrogen-bond donors (Lipinski definition) is 0. The Morgan fingerprint density at radius 2 is 1.84 bits per heavy atom. The number of aromatic nitrogens is 1. The van der Waals surface area contributed by atoms with Crippen molar-refractivity contribution in [3.8, 4) is 0 Å². The van der Waals surface area contributed by atoms with Gasteiger partial charge in [0.25, 0.3) is 0 Å². The molecular formula is C18H19N. The van der Waals surface area contributed by atoms with Gasteiger partial charge in [-0.15, -0.1) is 0 Å². The maximum Gasteiger partial charge on any atom is 0.0566 e. The third-order valence-electron chi connectivity index (χ3n) is 3.80. The minimum absolute atomic E-state index is 1.14. The molecule has 0 aliphatic rings. The fourth-order valence-corrected chi connectivity index (χ4v) is 2.88. The molecule has 0 atom stereocenters. The van der Waals surface area contributed by atoms with Crippen molar-refractivity contribution in [2.75, 3.05) is 0 Å². The van der Waals surface area contributed by atoms with Crippen molar-refractivity contribution in [2.45, 2.75) is 26.2 Å². The van der Waals surface area contributed by atoms with Crippen LogP contribution in [0.1, 0.15) is 25.3 Å². The summed E-state index contributed by atoms with van der Waals surface area (Å²) in [5.41, 5.74) is 4.00. The van der Waals surface area contributed by atoms with Crippen LogP contribution in [0.4, 0.5) is 0 Å². The van der Waals surface area contributed by atoms with Crippen LogP contribution in [0.15, 0.2) is 49.0 Å².